The zero-order valence-electron chi connectivity index (χ0n) is 15.3. The van der Waals surface area contributed by atoms with Crippen LogP contribution in [-0.2, 0) is 16.0 Å². The van der Waals surface area contributed by atoms with Gasteiger partial charge in [0.15, 0.2) is 6.61 Å². The van der Waals surface area contributed by atoms with Gasteiger partial charge in [0, 0.05) is 10.4 Å². The lowest BCUT2D eigenvalue weighted by Gasteiger charge is -2.07. The number of nitrogens with one attached hydrogen (secondary N) is 1. The van der Waals surface area contributed by atoms with Crippen LogP contribution in [0.5, 0.6) is 5.75 Å². The molecule has 0 aliphatic rings. The molecule has 150 valence electrons. The predicted octanol–water partition coefficient (Wildman–Crippen LogP) is 3.72. The van der Waals surface area contributed by atoms with Crippen molar-refractivity contribution in [3.8, 4) is 5.75 Å². The van der Waals surface area contributed by atoms with E-state index in [9.17, 15) is 23.2 Å². The van der Waals surface area contributed by atoms with E-state index < -0.39 is 31.0 Å². The van der Waals surface area contributed by atoms with Gasteiger partial charge in [-0.2, -0.15) is 8.78 Å². The molecule has 0 aliphatic carbocycles. The molecule has 2 aromatic rings. The lowest BCUT2D eigenvalue weighted by Crippen LogP contribution is -2.34. The molecule has 1 heterocycles. The van der Waals surface area contributed by atoms with Crippen LogP contribution in [0.2, 0.25) is 0 Å². The number of hydrogen-bond donors (Lipinski definition) is 1. The zero-order valence-corrected chi connectivity index (χ0v) is 16.1. The molecule has 0 aliphatic heterocycles. The number of carbonyl (C=O) groups excluding carboxylic acids is 3. The van der Waals surface area contributed by atoms with Crippen molar-refractivity contribution in [3.05, 3.63) is 51.2 Å². The van der Waals surface area contributed by atoms with Gasteiger partial charge in [0.25, 0.3) is 11.8 Å². The number of alkyl halides is 2. The van der Waals surface area contributed by atoms with Gasteiger partial charge in [-0.3, -0.25) is 14.9 Å². The SMILES string of the molecule is CCCc1cc(C(=O)OCC(=O)NC(=O)c2ccc(OC(F)F)cc2)sc1C. The van der Waals surface area contributed by atoms with Gasteiger partial charge in [0.2, 0.25) is 0 Å². The molecule has 2 amide bonds. The number of benzene rings is 1. The number of aryl methyl sites for hydroxylation is 2. The molecule has 0 atom stereocenters. The fourth-order valence-electron chi connectivity index (χ4n) is 2.36. The molecule has 1 aromatic carbocycles. The zero-order chi connectivity index (χ0) is 20.7. The van der Waals surface area contributed by atoms with Gasteiger partial charge in [-0.15, -0.1) is 11.3 Å². The van der Waals surface area contributed by atoms with Crippen molar-refractivity contribution in [2.75, 3.05) is 6.61 Å². The first kappa shape index (κ1) is 21.5. The highest BCUT2D eigenvalue weighted by Crippen LogP contribution is 2.23. The lowest BCUT2D eigenvalue weighted by atomic mass is 10.1. The van der Waals surface area contributed by atoms with Gasteiger partial charge >= 0.3 is 12.6 Å². The topological polar surface area (TPSA) is 81.7 Å². The van der Waals surface area contributed by atoms with Crippen LogP contribution in [0, 0.1) is 6.92 Å². The third-order valence-corrected chi connectivity index (χ3v) is 4.74. The molecule has 0 saturated heterocycles. The van der Waals surface area contributed by atoms with Crippen LogP contribution < -0.4 is 10.1 Å². The molecule has 28 heavy (non-hydrogen) atoms. The Balaban J connectivity index is 1.85. The van der Waals surface area contributed by atoms with Crippen molar-refractivity contribution in [1.82, 2.24) is 5.32 Å². The Morgan fingerprint density at radius 2 is 1.86 bits per heavy atom. The van der Waals surface area contributed by atoms with Crippen molar-refractivity contribution < 1.29 is 32.6 Å². The van der Waals surface area contributed by atoms with Crippen molar-refractivity contribution >= 4 is 29.1 Å². The van der Waals surface area contributed by atoms with Crippen molar-refractivity contribution in [3.63, 3.8) is 0 Å². The van der Waals surface area contributed by atoms with Gasteiger partial charge < -0.3 is 9.47 Å². The molecular formula is C19H19F2NO5S. The van der Waals surface area contributed by atoms with Crippen LogP contribution in [0.25, 0.3) is 0 Å². The quantitative estimate of drug-likeness (QED) is 0.670. The van der Waals surface area contributed by atoms with Crippen LogP contribution in [-0.4, -0.2) is 31.0 Å². The van der Waals surface area contributed by atoms with E-state index in [4.69, 9.17) is 4.74 Å². The number of imide groups is 1. The number of halogens is 2. The highest BCUT2D eigenvalue weighted by molar-refractivity contribution is 7.14. The first-order valence-electron chi connectivity index (χ1n) is 8.45. The molecule has 1 aromatic heterocycles. The molecule has 9 heteroatoms. The smallest absolute Gasteiger partial charge is 0.387 e. The number of rotatable bonds is 8. The first-order chi connectivity index (χ1) is 13.3. The van der Waals surface area contributed by atoms with E-state index >= 15 is 0 Å². The van der Waals surface area contributed by atoms with E-state index in [2.05, 4.69) is 10.1 Å². The Labute approximate surface area is 164 Å². The summed E-state index contributed by atoms with van der Waals surface area (Å²) in [5, 5.41) is 2.06. The Bertz CT molecular complexity index is 849. The van der Waals surface area contributed by atoms with E-state index in [0.29, 0.717) is 4.88 Å². The number of hydrogen-bond acceptors (Lipinski definition) is 6. The molecule has 2 rings (SSSR count). The van der Waals surface area contributed by atoms with Crippen LogP contribution in [0.1, 0.15) is 43.8 Å². The molecule has 0 unspecified atom stereocenters. The van der Waals surface area contributed by atoms with E-state index in [1.165, 1.54) is 35.6 Å². The summed E-state index contributed by atoms with van der Waals surface area (Å²) in [5.41, 5.74) is 1.14. The second-order valence-corrected chi connectivity index (χ2v) is 7.05. The van der Waals surface area contributed by atoms with E-state index in [1.807, 2.05) is 13.8 Å². The second-order valence-electron chi connectivity index (χ2n) is 5.80. The Morgan fingerprint density at radius 1 is 1.18 bits per heavy atom. The fourth-order valence-corrected chi connectivity index (χ4v) is 3.33. The van der Waals surface area contributed by atoms with Crippen LogP contribution in [0.3, 0.4) is 0 Å². The summed E-state index contributed by atoms with van der Waals surface area (Å²) in [6.07, 6.45) is 1.80. The van der Waals surface area contributed by atoms with E-state index in [-0.39, 0.29) is 11.3 Å². The minimum absolute atomic E-state index is 0.0689. The molecule has 0 spiro atoms. The molecular weight excluding hydrogens is 392 g/mol. The van der Waals surface area contributed by atoms with Crippen molar-refractivity contribution in [2.24, 2.45) is 0 Å². The predicted molar refractivity (Wildman–Crippen MR) is 98.9 cm³/mol. The maximum absolute atomic E-state index is 12.1. The van der Waals surface area contributed by atoms with Crippen LogP contribution >= 0.6 is 11.3 Å². The standard InChI is InChI=1S/C19H19F2NO5S/c1-3-4-13-9-15(28-11(13)2)18(25)26-10-16(23)22-17(24)12-5-7-14(8-6-12)27-19(20)21/h5-9,19H,3-4,10H2,1-2H3,(H,22,23,24). The highest BCUT2D eigenvalue weighted by Gasteiger charge is 2.17. The second kappa shape index (κ2) is 9.93. The molecule has 1 N–H and O–H groups in total. The summed E-state index contributed by atoms with van der Waals surface area (Å²) in [5.74, 6) is -2.29. The highest BCUT2D eigenvalue weighted by atomic mass is 32.1. The van der Waals surface area contributed by atoms with Crippen molar-refractivity contribution in [2.45, 2.75) is 33.3 Å². The van der Waals surface area contributed by atoms with Gasteiger partial charge in [-0.1, -0.05) is 13.3 Å². The van der Waals surface area contributed by atoms with Crippen LogP contribution in [0.15, 0.2) is 30.3 Å². The third-order valence-electron chi connectivity index (χ3n) is 3.67. The summed E-state index contributed by atoms with van der Waals surface area (Å²) in [6.45, 7) is 0.365. The van der Waals surface area contributed by atoms with E-state index in [1.54, 1.807) is 6.07 Å². The molecule has 6 nitrogen and oxygen atoms in total. The maximum Gasteiger partial charge on any atom is 0.387 e. The normalized spacial score (nSPS) is 10.6. The minimum atomic E-state index is -2.97. The summed E-state index contributed by atoms with van der Waals surface area (Å²) in [6, 6.07) is 6.57. The van der Waals surface area contributed by atoms with Gasteiger partial charge in [-0.25, -0.2) is 4.79 Å². The summed E-state index contributed by atoms with van der Waals surface area (Å²) < 4.78 is 33.3. The Hall–Kier alpha value is -2.81. The fraction of sp³-hybridized carbons (Fsp3) is 0.316. The van der Waals surface area contributed by atoms with Crippen LogP contribution in [0.4, 0.5) is 8.78 Å². The van der Waals surface area contributed by atoms with Crippen molar-refractivity contribution in [1.29, 1.82) is 0 Å². The summed E-state index contributed by atoms with van der Waals surface area (Å²) in [4.78, 5) is 37.3. The number of amides is 2. The largest absolute Gasteiger partial charge is 0.451 e. The number of esters is 1. The summed E-state index contributed by atoms with van der Waals surface area (Å²) in [7, 11) is 0. The Kier molecular flexibility index (Phi) is 7.62. The molecule has 0 fully saturated rings. The number of carbonyl (C=O) groups is 3. The molecule has 0 saturated carbocycles. The first-order valence-corrected chi connectivity index (χ1v) is 9.27. The number of thiophene rings is 1. The molecule has 0 bridgehead atoms. The minimum Gasteiger partial charge on any atom is -0.451 e. The lowest BCUT2D eigenvalue weighted by molar-refractivity contribution is -0.123. The monoisotopic (exact) mass is 411 g/mol. The van der Waals surface area contributed by atoms with Gasteiger partial charge in [0.05, 0.1) is 0 Å². The van der Waals surface area contributed by atoms with E-state index in [0.717, 1.165) is 23.3 Å². The average Bonchev–Trinajstić information content (AvgIpc) is 3.01. The number of ether oxygens (including phenoxy) is 2. The van der Waals surface area contributed by atoms with Gasteiger partial charge in [0.1, 0.15) is 10.6 Å². The Morgan fingerprint density at radius 3 is 2.46 bits per heavy atom. The maximum atomic E-state index is 12.1. The summed E-state index contributed by atoms with van der Waals surface area (Å²) >= 11 is 1.29. The average molecular weight is 411 g/mol. The van der Waals surface area contributed by atoms with Gasteiger partial charge in [-0.05, 0) is 49.2 Å². The third kappa shape index (κ3) is 6.12. The molecule has 0 radical (unpaired) electrons.